The molecule has 0 aliphatic carbocycles. The van der Waals surface area contributed by atoms with Crippen LogP contribution in [0.3, 0.4) is 0 Å². The Morgan fingerprint density at radius 1 is 1.27 bits per heavy atom. The lowest BCUT2D eigenvalue weighted by atomic mass is 10.1. The number of halogens is 2. The van der Waals surface area contributed by atoms with Crippen molar-refractivity contribution in [2.45, 2.75) is 26.8 Å². The number of benzene rings is 1. The van der Waals surface area contributed by atoms with Crippen LogP contribution in [0.25, 0.3) is 0 Å². The van der Waals surface area contributed by atoms with Crippen molar-refractivity contribution < 1.29 is 23.5 Å². The van der Waals surface area contributed by atoms with Crippen molar-refractivity contribution in [3.05, 3.63) is 28.5 Å². The van der Waals surface area contributed by atoms with Gasteiger partial charge in [-0.25, -0.2) is 9.18 Å². The fourth-order valence-electron chi connectivity index (χ4n) is 1.38. The zero-order valence-electron chi connectivity index (χ0n) is 12.7. The number of carbonyl (C=O) groups is 2. The molecule has 0 aliphatic heterocycles. The molecule has 5 nitrogen and oxygen atoms in total. The largest absolute Gasteiger partial charge is 0.481 e. The first kappa shape index (κ1) is 18.4. The quantitative estimate of drug-likeness (QED) is 0.744. The highest BCUT2D eigenvalue weighted by Gasteiger charge is 2.13. The van der Waals surface area contributed by atoms with Gasteiger partial charge in [0.25, 0.3) is 5.91 Å². The van der Waals surface area contributed by atoms with Crippen LogP contribution < -0.4 is 10.1 Å². The molecule has 22 heavy (non-hydrogen) atoms. The molecule has 1 atom stereocenters. The summed E-state index contributed by atoms with van der Waals surface area (Å²) in [6, 6.07) is 3.83. The molecule has 1 aromatic carbocycles. The Morgan fingerprint density at radius 3 is 2.55 bits per heavy atom. The maximum absolute atomic E-state index is 12.9. The summed E-state index contributed by atoms with van der Waals surface area (Å²) in [7, 11) is 0. The van der Waals surface area contributed by atoms with E-state index in [1.165, 1.54) is 18.2 Å². The molecule has 0 radical (unpaired) electrons. The molecule has 0 spiro atoms. The molecule has 0 bridgehead atoms. The molecule has 0 aliphatic rings. The van der Waals surface area contributed by atoms with Gasteiger partial charge in [0.2, 0.25) is 0 Å². The van der Waals surface area contributed by atoms with Crippen molar-refractivity contribution in [2.75, 3.05) is 13.2 Å². The van der Waals surface area contributed by atoms with Gasteiger partial charge in [-0.2, -0.15) is 0 Å². The Morgan fingerprint density at radius 2 is 1.95 bits per heavy atom. The second-order valence-corrected chi connectivity index (χ2v) is 5.98. The lowest BCUT2D eigenvalue weighted by Crippen LogP contribution is -2.39. The maximum atomic E-state index is 12.9. The number of carbonyl (C=O) groups excluding carboxylic acids is 2. The lowest BCUT2D eigenvalue weighted by Gasteiger charge is -2.17. The molecule has 0 heterocycles. The van der Waals surface area contributed by atoms with Crippen molar-refractivity contribution in [1.29, 1.82) is 0 Å². The predicted molar refractivity (Wildman–Crippen MR) is 83.0 cm³/mol. The van der Waals surface area contributed by atoms with Crippen LogP contribution in [-0.2, 0) is 14.3 Å². The Labute approximate surface area is 137 Å². The van der Waals surface area contributed by atoms with E-state index in [0.717, 1.165) is 0 Å². The molecule has 0 saturated carbocycles. The zero-order valence-corrected chi connectivity index (χ0v) is 14.3. The molecule has 0 fully saturated rings. The molecule has 0 unspecified atom stereocenters. The van der Waals surface area contributed by atoms with Gasteiger partial charge in [-0.1, -0.05) is 13.8 Å². The van der Waals surface area contributed by atoms with E-state index in [2.05, 4.69) is 21.2 Å². The van der Waals surface area contributed by atoms with Crippen molar-refractivity contribution in [2.24, 2.45) is 5.92 Å². The van der Waals surface area contributed by atoms with Crippen molar-refractivity contribution in [3.8, 4) is 5.75 Å². The highest BCUT2D eigenvalue weighted by atomic mass is 79.9. The molecule has 1 N–H and O–H groups in total. The molecule has 0 saturated heterocycles. The van der Waals surface area contributed by atoms with Gasteiger partial charge in [0, 0.05) is 6.04 Å². The minimum atomic E-state index is -0.677. The van der Waals surface area contributed by atoms with Gasteiger partial charge in [0.05, 0.1) is 4.47 Å². The van der Waals surface area contributed by atoms with Gasteiger partial charge in [-0.3, -0.25) is 4.79 Å². The average molecular weight is 376 g/mol. The summed E-state index contributed by atoms with van der Waals surface area (Å²) in [5, 5.41) is 2.72. The highest BCUT2D eigenvalue weighted by molar-refractivity contribution is 9.10. The first-order valence-electron chi connectivity index (χ1n) is 6.82. The lowest BCUT2D eigenvalue weighted by molar-refractivity contribution is -0.150. The second-order valence-electron chi connectivity index (χ2n) is 5.12. The van der Waals surface area contributed by atoms with Gasteiger partial charge in [0.15, 0.2) is 13.2 Å². The highest BCUT2D eigenvalue weighted by Crippen LogP contribution is 2.25. The van der Waals surface area contributed by atoms with E-state index >= 15 is 0 Å². The average Bonchev–Trinajstić information content (AvgIpc) is 2.44. The van der Waals surface area contributed by atoms with Crippen molar-refractivity contribution in [1.82, 2.24) is 5.32 Å². The minimum Gasteiger partial charge on any atom is -0.481 e. The number of hydrogen-bond donors (Lipinski definition) is 1. The smallest absolute Gasteiger partial charge is 0.344 e. The summed E-state index contributed by atoms with van der Waals surface area (Å²) in [5.74, 6) is -0.853. The van der Waals surface area contributed by atoms with Crippen molar-refractivity contribution >= 4 is 27.8 Å². The molecule has 1 aromatic rings. The van der Waals surface area contributed by atoms with Crippen LogP contribution in [0.4, 0.5) is 4.39 Å². The first-order chi connectivity index (χ1) is 10.3. The molecule has 1 amide bonds. The fraction of sp³-hybridized carbons (Fsp3) is 0.467. The molecule has 122 valence electrons. The molecule has 1 rings (SSSR count). The van der Waals surface area contributed by atoms with Gasteiger partial charge >= 0.3 is 5.97 Å². The number of ether oxygens (including phenoxy) is 2. The third kappa shape index (κ3) is 6.43. The molecule has 7 heteroatoms. The Balaban J connectivity index is 2.33. The van der Waals surface area contributed by atoms with Crippen LogP contribution in [0.5, 0.6) is 5.75 Å². The summed E-state index contributed by atoms with van der Waals surface area (Å²) in [5.41, 5.74) is 0. The van der Waals surface area contributed by atoms with E-state index in [-0.39, 0.29) is 25.2 Å². The number of nitrogens with one attached hydrogen (secondary N) is 1. The number of rotatable bonds is 7. The second kappa shape index (κ2) is 8.73. The zero-order chi connectivity index (χ0) is 16.7. The molecular weight excluding hydrogens is 357 g/mol. The van der Waals surface area contributed by atoms with Gasteiger partial charge in [0.1, 0.15) is 11.6 Å². The Hall–Kier alpha value is -1.63. The van der Waals surface area contributed by atoms with E-state index in [1.54, 1.807) is 0 Å². The predicted octanol–water partition coefficient (Wildman–Crippen LogP) is 2.67. The standard InChI is InChI=1S/C15H19BrFNO4/c1-9(2)10(3)18-14(19)7-22-15(20)8-21-13-5-4-11(17)6-12(13)16/h4-6,9-10H,7-8H2,1-3H3,(H,18,19)/t10-/m1/s1. The molecular formula is C15H19BrFNO4. The van der Waals surface area contributed by atoms with Crippen LogP contribution >= 0.6 is 15.9 Å². The topological polar surface area (TPSA) is 64.6 Å². The Bertz CT molecular complexity index is 536. The van der Waals surface area contributed by atoms with E-state index in [4.69, 9.17) is 9.47 Å². The summed E-state index contributed by atoms with van der Waals surface area (Å²) in [6.07, 6.45) is 0. The molecule has 0 aromatic heterocycles. The Kier molecular flexibility index (Phi) is 7.31. The number of amides is 1. The van der Waals surface area contributed by atoms with Crippen molar-refractivity contribution in [3.63, 3.8) is 0 Å². The monoisotopic (exact) mass is 375 g/mol. The van der Waals surface area contributed by atoms with E-state index in [9.17, 15) is 14.0 Å². The van der Waals surface area contributed by atoms with Gasteiger partial charge in [-0.15, -0.1) is 0 Å². The van der Waals surface area contributed by atoms with Crippen LogP contribution in [-0.4, -0.2) is 31.1 Å². The minimum absolute atomic E-state index is 0.00220. The third-order valence-electron chi connectivity index (χ3n) is 2.99. The summed E-state index contributed by atoms with van der Waals surface area (Å²) in [4.78, 5) is 23.1. The van der Waals surface area contributed by atoms with Gasteiger partial charge < -0.3 is 14.8 Å². The summed E-state index contributed by atoms with van der Waals surface area (Å²) >= 11 is 3.12. The van der Waals surface area contributed by atoms with Gasteiger partial charge in [-0.05, 0) is 47.0 Å². The third-order valence-corrected chi connectivity index (χ3v) is 3.61. The number of hydrogen-bond acceptors (Lipinski definition) is 4. The first-order valence-corrected chi connectivity index (χ1v) is 7.61. The maximum Gasteiger partial charge on any atom is 0.344 e. The normalized spacial score (nSPS) is 11.9. The van der Waals surface area contributed by atoms with E-state index in [0.29, 0.717) is 16.1 Å². The summed E-state index contributed by atoms with van der Waals surface area (Å²) < 4.78 is 23.3. The number of esters is 1. The summed E-state index contributed by atoms with van der Waals surface area (Å²) in [6.45, 7) is 5.11. The SMILES string of the molecule is CC(C)[C@@H](C)NC(=O)COC(=O)COc1ccc(F)cc1Br. The van der Waals surface area contributed by atoms with Crippen LogP contribution in [0, 0.1) is 11.7 Å². The van der Waals surface area contributed by atoms with E-state index in [1.807, 2.05) is 20.8 Å². The van der Waals surface area contributed by atoms with E-state index < -0.39 is 11.8 Å². The van der Waals surface area contributed by atoms with Crippen LogP contribution in [0.1, 0.15) is 20.8 Å². The fourth-order valence-corrected chi connectivity index (χ4v) is 1.84. The van der Waals surface area contributed by atoms with Crippen LogP contribution in [0.15, 0.2) is 22.7 Å². The van der Waals surface area contributed by atoms with Crippen LogP contribution in [0.2, 0.25) is 0 Å².